The first-order valence-electron chi connectivity index (χ1n) is 6.74. The average Bonchev–Trinajstić information content (AvgIpc) is 3.32. The van der Waals surface area contributed by atoms with Gasteiger partial charge < -0.3 is 10.2 Å². The van der Waals surface area contributed by atoms with E-state index in [9.17, 15) is 0 Å². The number of nitrogens with one attached hydrogen (secondary N) is 1. The van der Waals surface area contributed by atoms with Crippen molar-refractivity contribution in [3.05, 3.63) is 41.6 Å². The van der Waals surface area contributed by atoms with E-state index in [0.717, 1.165) is 16.8 Å². The van der Waals surface area contributed by atoms with Gasteiger partial charge in [0, 0.05) is 30.4 Å². The molecular formula is C15H18N4O. The maximum absolute atomic E-state index is 5.50. The third-order valence-electron chi connectivity index (χ3n) is 3.39. The molecule has 3 rings (SSSR count). The zero-order valence-electron chi connectivity index (χ0n) is 11.5. The van der Waals surface area contributed by atoms with Crippen LogP contribution in [-0.2, 0) is 11.3 Å². The Morgan fingerprint density at radius 1 is 1.30 bits per heavy atom. The molecule has 0 bridgehead atoms. The number of hydrazine groups is 1. The van der Waals surface area contributed by atoms with Crippen LogP contribution in [0.25, 0.3) is 11.4 Å². The van der Waals surface area contributed by atoms with Crippen LogP contribution in [0.15, 0.2) is 30.3 Å². The maximum atomic E-state index is 5.50. The van der Waals surface area contributed by atoms with Crippen LogP contribution in [0.2, 0.25) is 0 Å². The maximum Gasteiger partial charge on any atom is 0.161 e. The molecular weight excluding hydrogens is 252 g/mol. The summed E-state index contributed by atoms with van der Waals surface area (Å²) in [5.74, 6) is 7.43. The molecule has 1 aliphatic rings. The van der Waals surface area contributed by atoms with Crippen LogP contribution in [0.3, 0.4) is 0 Å². The summed E-state index contributed by atoms with van der Waals surface area (Å²) in [7, 11) is 1.69. The van der Waals surface area contributed by atoms with E-state index in [1.54, 1.807) is 7.11 Å². The minimum Gasteiger partial charge on any atom is -0.380 e. The molecule has 1 aromatic carbocycles. The van der Waals surface area contributed by atoms with Crippen LogP contribution in [0, 0.1) is 0 Å². The van der Waals surface area contributed by atoms with E-state index in [1.165, 1.54) is 12.8 Å². The largest absolute Gasteiger partial charge is 0.380 e. The van der Waals surface area contributed by atoms with Crippen molar-refractivity contribution in [3.63, 3.8) is 0 Å². The Morgan fingerprint density at radius 3 is 2.85 bits per heavy atom. The predicted octanol–water partition coefficient (Wildman–Crippen LogP) is 2.45. The minimum absolute atomic E-state index is 0.561. The number of hydrogen-bond donors (Lipinski definition) is 2. The molecule has 0 radical (unpaired) electrons. The van der Waals surface area contributed by atoms with Gasteiger partial charge in [0.1, 0.15) is 5.82 Å². The first-order valence-corrected chi connectivity index (χ1v) is 6.74. The summed E-state index contributed by atoms with van der Waals surface area (Å²) in [5, 5.41) is 0. The number of hydrogen-bond acceptors (Lipinski definition) is 5. The Labute approximate surface area is 118 Å². The lowest BCUT2D eigenvalue weighted by atomic mass is 10.1. The lowest BCUT2D eigenvalue weighted by Gasteiger charge is -2.08. The number of ether oxygens (including phenoxy) is 1. The highest BCUT2D eigenvalue weighted by atomic mass is 16.5. The van der Waals surface area contributed by atoms with Crippen molar-refractivity contribution in [1.29, 1.82) is 0 Å². The quantitative estimate of drug-likeness (QED) is 0.645. The van der Waals surface area contributed by atoms with E-state index < -0.39 is 0 Å². The van der Waals surface area contributed by atoms with Gasteiger partial charge in [0.2, 0.25) is 0 Å². The van der Waals surface area contributed by atoms with Crippen molar-refractivity contribution in [3.8, 4) is 11.4 Å². The number of benzene rings is 1. The normalized spacial score (nSPS) is 14.3. The third-order valence-corrected chi connectivity index (χ3v) is 3.39. The number of rotatable bonds is 5. The van der Waals surface area contributed by atoms with Crippen LogP contribution in [0.4, 0.5) is 5.82 Å². The van der Waals surface area contributed by atoms with Gasteiger partial charge in [0.15, 0.2) is 5.82 Å². The molecule has 3 N–H and O–H groups in total. The molecule has 1 heterocycles. The summed E-state index contributed by atoms with van der Waals surface area (Å²) in [5.41, 5.74) is 5.78. The number of nitrogens with two attached hydrogens (primary N) is 1. The van der Waals surface area contributed by atoms with Gasteiger partial charge in [-0.1, -0.05) is 18.2 Å². The molecule has 2 aromatic rings. The molecule has 1 saturated carbocycles. The van der Waals surface area contributed by atoms with Crippen LogP contribution in [0.5, 0.6) is 0 Å². The van der Waals surface area contributed by atoms with Gasteiger partial charge >= 0.3 is 0 Å². The fraction of sp³-hybridized carbons (Fsp3) is 0.333. The average molecular weight is 270 g/mol. The van der Waals surface area contributed by atoms with Crippen molar-refractivity contribution >= 4 is 5.82 Å². The molecule has 1 fully saturated rings. The van der Waals surface area contributed by atoms with Gasteiger partial charge in [-0.05, 0) is 24.5 Å². The zero-order chi connectivity index (χ0) is 13.9. The van der Waals surface area contributed by atoms with Crippen molar-refractivity contribution in [2.75, 3.05) is 12.5 Å². The van der Waals surface area contributed by atoms with Crippen LogP contribution < -0.4 is 11.3 Å². The monoisotopic (exact) mass is 270 g/mol. The fourth-order valence-corrected chi connectivity index (χ4v) is 2.22. The topological polar surface area (TPSA) is 73.1 Å². The molecule has 1 aliphatic carbocycles. The second kappa shape index (κ2) is 5.56. The summed E-state index contributed by atoms with van der Waals surface area (Å²) in [4.78, 5) is 9.11. The zero-order valence-corrected chi connectivity index (χ0v) is 11.5. The minimum atomic E-state index is 0.561. The molecule has 0 unspecified atom stereocenters. The molecule has 1 aromatic heterocycles. The van der Waals surface area contributed by atoms with E-state index in [4.69, 9.17) is 10.6 Å². The fourth-order valence-electron chi connectivity index (χ4n) is 2.22. The van der Waals surface area contributed by atoms with Gasteiger partial charge in [0.05, 0.1) is 6.61 Å². The molecule has 20 heavy (non-hydrogen) atoms. The number of anilines is 1. The molecule has 0 atom stereocenters. The molecule has 0 spiro atoms. The van der Waals surface area contributed by atoms with Gasteiger partial charge in [0.25, 0.3) is 0 Å². The van der Waals surface area contributed by atoms with Crippen LogP contribution in [-0.4, -0.2) is 17.1 Å². The number of aromatic nitrogens is 2. The first kappa shape index (κ1) is 13.0. The second-order valence-electron chi connectivity index (χ2n) is 5.05. The highest BCUT2D eigenvalue weighted by Gasteiger charge is 2.26. The highest BCUT2D eigenvalue weighted by Crippen LogP contribution is 2.40. The smallest absolute Gasteiger partial charge is 0.161 e. The van der Waals surface area contributed by atoms with Crippen molar-refractivity contribution in [1.82, 2.24) is 9.97 Å². The van der Waals surface area contributed by atoms with Gasteiger partial charge in [-0.25, -0.2) is 15.8 Å². The van der Waals surface area contributed by atoms with E-state index >= 15 is 0 Å². The van der Waals surface area contributed by atoms with E-state index in [-0.39, 0.29) is 0 Å². The number of methoxy groups -OCH3 is 1. The predicted molar refractivity (Wildman–Crippen MR) is 78.0 cm³/mol. The Hall–Kier alpha value is -1.98. The highest BCUT2D eigenvalue weighted by molar-refractivity contribution is 5.58. The Balaban J connectivity index is 1.99. The summed E-state index contributed by atoms with van der Waals surface area (Å²) in [6.45, 7) is 0.581. The lowest BCUT2D eigenvalue weighted by molar-refractivity contribution is 0.185. The summed E-state index contributed by atoms with van der Waals surface area (Å²) in [6.07, 6.45) is 2.40. The second-order valence-corrected chi connectivity index (χ2v) is 5.05. The Bertz CT molecular complexity index is 611. The Kier molecular flexibility index (Phi) is 3.62. The molecule has 0 amide bonds. The van der Waals surface area contributed by atoms with Crippen molar-refractivity contribution in [2.24, 2.45) is 5.84 Å². The molecule has 0 saturated heterocycles. The van der Waals surface area contributed by atoms with Gasteiger partial charge in [-0.3, -0.25) is 0 Å². The SMILES string of the molecule is COCc1cccc(-c2nc(NN)cc(C3CC3)n2)c1. The lowest BCUT2D eigenvalue weighted by Crippen LogP contribution is -2.10. The summed E-state index contributed by atoms with van der Waals surface area (Å²) < 4.78 is 5.16. The third kappa shape index (κ3) is 2.79. The molecule has 104 valence electrons. The summed E-state index contributed by atoms with van der Waals surface area (Å²) >= 11 is 0. The number of nitrogen functional groups attached to an aromatic ring is 1. The first-order chi connectivity index (χ1) is 9.80. The number of nitrogens with zero attached hydrogens (tertiary/aromatic N) is 2. The molecule has 5 nitrogen and oxygen atoms in total. The van der Waals surface area contributed by atoms with Gasteiger partial charge in [-0.2, -0.15) is 0 Å². The summed E-state index contributed by atoms with van der Waals surface area (Å²) in [6, 6.07) is 10.0. The van der Waals surface area contributed by atoms with Crippen molar-refractivity contribution < 1.29 is 4.74 Å². The van der Waals surface area contributed by atoms with E-state index in [2.05, 4.69) is 21.5 Å². The standard InChI is InChI=1S/C15H18N4O/c1-20-9-10-3-2-4-12(7-10)15-17-13(11-5-6-11)8-14(18-15)19-16/h2-4,7-8,11H,5-6,9,16H2,1H3,(H,17,18,19). The van der Waals surface area contributed by atoms with E-state index in [1.807, 2.05) is 24.3 Å². The van der Waals surface area contributed by atoms with Crippen molar-refractivity contribution in [2.45, 2.75) is 25.4 Å². The van der Waals surface area contributed by atoms with Crippen LogP contribution in [0.1, 0.15) is 30.0 Å². The Morgan fingerprint density at radius 2 is 2.15 bits per heavy atom. The molecule has 0 aliphatic heterocycles. The van der Waals surface area contributed by atoms with E-state index in [0.29, 0.717) is 24.2 Å². The molecule has 5 heteroatoms. The van der Waals surface area contributed by atoms with Gasteiger partial charge in [-0.15, -0.1) is 0 Å². The van der Waals surface area contributed by atoms with Crippen LogP contribution >= 0.6 is 0 Å².